The number of nitrogens with zero attached hydrogens (tertiary/aromatic N) is 2. The Bertz CT molecular complexity index is 948. The number of aromatic nitrogens is 2. The maximum Gasteiger partial charge on any atom is 0.419 e. The molecule has 2 heterocycles. The number of nitrogens with one attached hydrogen (secondary N) is 1. The average molecular weight is 379 g/mol. The molecule has 1 aliphatic rings. The Morgan fingerprint density at radius 1 is 1.19 bits per heavy atom. The number of ether oxygens (including phenoxy) is 1. The predicted octanol–water partition coefficient (Wildman–Crippen LogP) is 4.19. The van der Waals surface area contributed by atoms with Gasteiger partial charge in [-0.25, -0.2) is 9.37 Å². The van der Waals surface area contributed by atoms with Crippen LogP contribution in [0.4, 0.5) is 17.6 Å². The van der Waals surface area contributed by atoms with E-state index in [1.54, 1.807) is 6.20 Å². The predicted molar refractivity (Wildman–Crippen MR) is 90.9 cm³/mol. The molecule has 4 rings (SSSR count). The lowest BCUT2D eigenvalue weighted by Gasteiger charge is -2.36. The largest absolute Gasteiger partial charge is 0.490 e. The molecule has 1 N–H and O–H groups in total. The number of pyridine rings is 1. The Labute approximate surface area is 152 Å². The summed E-state index contributed by atoms with van der Waals surface area (Å²) in [6, 6.07) is 6.90. The highest BCUT2D eigenvalue weighted by molar-refractivity contribution is 5.47. The van der Waals surface area contributed by atoms with Gasteiger partial charge in [-0.15, -0.1) is 0 Å². The Morgan fingerprint density at radius 3 is 2.78 bits per heavy atom. The molecule has 1 aromatic carbocycles. The highest BCUT2D eigenvalue weighted by atomic mass is 19.4. The summed E-state index contributed by atoms with van der Waals surface area (Å²) >= 11 is 0. The minimum atomic E-state index is -4.74. The Balaban J connectivity index is 1.31. The highest BCUT2D eigenvalue weighted by Crippen LogP contribution is 2.35. The first-order chi connectivity index (χ1) is 12.9. The molecule has 3 aromatic rings. The number of hydrogen-bond donors (Lipinski definition) is 1. The van der Waals surface area contributed by atoms with Gasteiger partial charge in [0, 0.05) is 36.7 Å². The van der Waals surface area contributed by atoms with Crippen LogP contribution in [-0.2, 0) is 12.7 Å². The van der Waals surface area contributed by atoms with Crippen molar-refractivity contribution < 1.29 is 22.3 Å². The second-order valence-electron chi connectivity index (χ2n) is 6.62. The van der Waals surface area contributed by atoms with E-state index >= 15 is 0 Å². The fraction of sp³-hybridized carbons (Fsp3) is 0.316. The molecule has 1 fully saturated rings. The fourth-order valence-electron chi connectivity index (χ4n) is 3.22. The summed E-state index contributed by atoms with van der Waals surface area (Å²) in [5.74, 6) is -1.26. The van der Waals surface area contributed by atoms with Crippen LogP contribution in [0.25, 0.3) is 5.65 Å². The van der Waals surface area contributed by atoms with E-state index in [1.807, 2.05) is 28.9 Å². The first kappa shape index (κ1) is 17.8. The first-order valence-electron chi connectivity index (χ1n) is 8.57. The zero-order valence-electron chi connectivity index (χ0n) is 14.2. The average Bonchev–Trinajstić information content (AvgIpc) is 3.06. The normalized spacial score (nSPS) is 19.9. The van der Waals surface area contributed by atoms with Crippen molar-refractivity contribution in [3.05, 3.63) is 65.9 Å². The van der Waals surface area contributed by atoms with Crippen LogP contribution in [0.1, 0.15) is 24.0 Å². The molecule has 1 aliphatic carbocycles. The maximum absolute atomic E-state index is 13.3. The van der Waals surface area contributed by atoms with Gasteiger partial charge in [0.1, 0.15) is 23.3 Å². The maximum atomic E-state index is 13.3. The van der Waals surface area contributed by atoms with Gasteiger partial charge < -0.3 is 14.5 Å². The molecule has 0 aliphatic heterocycles. The third-order valence-electron chi connectivity index (χ3n) is 4.72. The molecule has 0 unspecified atom stereocenters. The molecule has 0 saturated heterocycles. The molecular formula is C19H17F4N3O. The Morgan fingerprint density at radius 2 is 2.00 bits per heavy atom. The van der Waals surface area contributed by atoms with Gasteiger partial charge in [0.2, 0.25) is 0 Å². The highest BCUT2D eigenvalue weighted by Gasteiger charge is 2.35. The summed E-state index contributed by atoms with van der Waals surface area (Å²) < 4.78 is 59.1. The van der Waals surface area contributed by atoms with E-state index < -0.39 is 17.6 Å². The van der Waals surface area contributed by atoms with Crippen molar-refractivity contribution in [2.75, 3.05) is 0 Å². The van der Waals surface area contributed by atoms with E-state index in [0.717, 1.165) is 23.3 Å². The standard InChI is InChI=1S/C19H17F4N3O/c20-17-4-3-14(10-16(17)19(21,22)23)27-15-8-13(9-15)25-11-12-2-1-6-26-7-5-24-18(12)26/h1-7,10,13,15,25H,8-9,11H2. The van der Waals surface area contributed by atoms with E-state index in [0.29, 0.717) is 19.4 Å². The van der Waals surface area contributed by atoms with Gasteiger partial charge in [-0.3, -0.25) is 0 Å². The van der Waals surface area contributed by atoms with Crippen LogP contribution in [0.5, 0.6) is 5.75 Å². The lowest BCUT2D eigenvalue weighted by Crippen LogP contribution is -2.46. The minimum absolute atomic E-state index is 0.0364. The lowest BCUT2D eigenvalue weighted by molar-refractivity contribution is -0.140. The molecule has 0 atom stereocenters. The number of benzene rings is 1. The topological polar surface area (TPSA) is 38.6 Å². The molecule has 0 radical (unpaired) electrons. The number of alkyl halides is 3. The van der Waals surface area contributed by atoms with Crippen molar-refractivity contribution in [3.63, 3.8) is 0 Å². The van der Waals surface area contributed by atoms with E-state index in [4.69, 9.17) is 4.74 Å². The number of rotatable bonds is 5. The molecule has 0 spiro atoms. The summed E-state index contributed by atoms with van der Waals surface area (Å²) in [4.78, 5) is 4.32. The van der Waals surface area contributed by atoms with E-state index in [9.17, 15) is 17.6 Å². The SMILES string of the molecule is Fc1ccc(OC2CC(NCc3cccn4ccnc34)C2)cc1C(F)(F)F. The Kier molecular flexibility index (Phi) is 4.51. The van der Waals surface area contributed by atoms with Gasteiger partial charge in [-0.2, -0.15) is 13.2 Å². The fourth-order valence-corrected chi connectivity index (χ4v) is 3.22. The summed E-state index contributed by atoms with van der Waals surface area (Å²) in [7, 11) is 0. The van der Waals surface area contributed by atoms with E-state index in [1.165, 1.54) is 6.07 Å². The second kappa shape index (κ2) is 6.84. The minimum Gasteiger partial charge on any atom is -0.490 e. The van der Waals surface area contributed by atoms with Crippen LogP contribution in [-0.4, -0.2) is 21.5 Å². The molecule has 142 valence electrons. The van der Waals surface area contributed by atoms with Crippen LogP contribution in [0.3, 0.4) is 0 Å². The van der Waals surface area contributed by atoms with Crippen molar-refractivity contribution in [2.24, 2.45) is 0 Å². The molecule has 27 heavy (non-hydrogen) atoms. The summed E-state index contributed by atoms with van der Waals surface area (Å²) in [5, 5.41) is 3.40. The number of halogens is 4. The summed E-state index contributed by atoms with van der Waals surface area (Å²) in [6.45, 7) is 0.646. The molecule has 8 heteroatoms. The second-order valence-corrected chi connectivity index (χ2v) is 6.62. The molecule has 0 bridgehead atoms. The van der Waals surface area contributed by atoms with Gasteiger partial charge in [0.05, 0.1) is 5.56 Å². The third-order valence-corrected chi connectivity index (χ3v) is 4.72. The zero-order valence-corrected chi connectivity index (χ0v) is 14.2. The van der Waals surface area contributed by atoms with Crippen LogP contribution in [0.2, 0.25) is 0 Å². The Hall–Kier alpha value is -2.61. The lowest BCUT2D eigenvalue weighted by atomic mass is 9.89. The molecule has 4 nitrogen and oxygen atoms in total. The number of hydrogen-bond acceptors (Lipinski definition) is 3. The van der Waals surface area contributed by atoms with Gasteiger partial charge >= 0.3 is 6.18 Å². The van der Waals surface area contributed by atoms with Gasteiger partial charge in [0.15, 0.2) is 0 Å². The van der Waals surface area contributed by atoms with Crippen LogP contribution in [0, 0.1) is 5.82 Å². The quantitative estimate of drug-likeness (QED) is 0.676. The zero-order chi connectivity index (χ0) is 19.0. The van der Waals surface area contributed by atoms with Crippen LogP contribution in [0.15, 0.2) is 48.9 Å². The van der Waals surface area contributed by atoms with Gasteiger partial charge in [-0.1, -0.05) is 6.07 Å². The van der Waals surface area contributed by atoms with Crippen molar-refractivity contribution >= 4 is 5.65 Å². The van der Waals surface area contributed by atoms with E-state index in [-0.39, 0.29) is 17.9 Å². The molecule has 0 amide bonds. The van der Waals surface area contributed by atoms with Crippen molar-refractivity contribution in [3.8, 4) is 5.75 Å². The summed E-state index contributed by atoms with van der Waals surface area (Å²) in [6.07, 6.45) is 1.98. The molecule has 1 saturated carbocycles. The van der Waals surface area contributed by atoms with E-state index in [2.05, 4.69) is 10.3 Å². The third kappa shape index (κ3) is 3.75. The van der Waals surface area contributed by atoms with Gasteiger partial charge in [-0.05, 0) is 37.1 Å². The molecule has 2 aromatic heterocycles. The van der Waals surface area contributed by atoms with Gasteiger partial charge in [0.25, 0.3) is 0 Å². The number of imidazole rings is 1. The van der Waals surface area contributed by atoms with Crippen LogP contribution >= 0.6 is 0 Å². The summed E-state index contributed by atoms with van der Waals surface area (Å²) in [5.41, 5.74) is 0.658. The van der Waals surface area contributed by atoms with Crippen molar-refractivity contribution in [2.45, 2.75) is 37.7 Å². The smallest absolute Gasteiger partial charge is 0.419 e. The van der Waals surface area contributed by atoms with Crippen molar-refractivity contribution in [1.29, 1.82) is 0 Å². The first-order valence-corrected chi connectivity index (χ1v) is 8.57. The van der Waals surface area contributed by atoms with Crippen molar-refractivity contribution in [1.82, 2.24) is 14.7 Å². The van der Waals surface area contributed by atoms with Crippen LogP contribution < -0.4 is 10.1 Å². The molecular weight excluding hydrogens is 362 g/mol. The number of fused-ring (bicyclic) bond motifs is 1. The monoisotopic (exact) mass is 379 g/mol.